The maximum atomic E-state index is 12.1. The average molecular weight is 463 g/mol. The monoisotopic (exact) mass is 462 g/mol. The number of carbonyl (C=O) groups is 1. The fraction of sp³-hybridized carbons (Fsp3) is 0.0417. The molecule has 1 atom stereocenters. The molecule has 4 nitrogen and oxygen atoms in total. The second kappa shape index (κ2) is 9.36. The van der Waals surface area contributed by atoms with Gasteiger partial charge in [-0.05, 0) is 40.8 Å². The molecule has 152 valence electrons. The van der Waals surface area contributed by atoms with Crippen LogP contribution >= 0.6 is 34.7 Å². The van der Waals surface area contributed by atoms with Gasteiger partial charge in [0.05, 0.1) is 16.1 Å². The summed E-state index contributed by atoms with van der Waals surface area (Å²) in [4.78, 5) is 17.7. The van der Waals surface area contributed by atoms with Crippen LogP contribution in [-0.4, -0.2) is 16.1 Å². The zero-order chi connectivity index (χ0) is 21.8. The van der Waals surface area contributed by atoms with Crippen LogP contribution in [0.2, 0.25) is 5.02 Å². The lowest BCUT2D eigenvalue weighted by molar-refractivity contribution is -0.136. The molecule has 0 spiro atoms. The molecule has 2 heterocycles. The van der Waals surface area contributed by atoms with Crippen LogP contribution in [0.25, 0.3) is 21.7 Å². The molecule has 0 saturated carbocycles. The van der Waals surface area contributed by atoms with Crippen LogP contribution in [0.4, 0.5) is 0 Å². The Morgan fingerprint density at radius 3 is 2.45 bits per heavy atom. The first-order chi connectivity index (χ1) is 15.1. The Hall–Kier alpha value is -3.11. The lowest BCUT2D eigenvalue weighted by Crippen LogP contribution is -2.09. The highest BCUT2D eigenvalue weighted by Crippen LogP contribution is 2.41. The first kappa shape index (κ1) is 21.1. The van der Waals surface area contributed by atoms with Crippen LogP contribution in [0.1, 0.15) is 16.4 Å². The number of benzene rings is 2. The highest BCUT2D eigenvalue weighted by molar-refractivity contribution is 8.00. The van der Waals surface area contributed by atoms with Gasteiger partial charge in [-0.25, -0.2) is 4.98 Å². The fourth-order valence-electron chi connectivity index (χ4n) is 3.12. The number of rotatable bonds is 6. The molecule has 1 N–H and O–H groups in total. The van der Waals surface area contributed by atoms with Gasteiger partial charge in [0.15, 0.2) is 0 Å². The van der Waals surface area contributed by atoms with E-state index < -0.39 is 11.2 Å². The average Bonchev–Trinajstić information content (AvgIpc) is 3.33. The summed E-state index contributed by atoms with van der Waals surface area (Å²) >= 11 is 8.65. The van der Waals surface area contributed by atoms with Gasteiger partial charge in [0.25, 0.3) is 0 Å². The second-order valence-electron chi connectivity index (χ2n) is 6.58. The molecule has 4 rings (SSSR count). The van der Waals surface area contributed by atoms with Gasteiger partial charge in [-0.1, -0.05) is 71.9 Å². The Bertz CT molecular complexity index is 1250. The SMILES string of the molecule is N#Cc1c(-c2ccc(Cl)cc2)cc(-c2cccs2)nc1SC(C(=O)O)c1ccccc1. The molecular weight excluding hydrogens is 448 g/mol. The van der Waals surface area contributed by atoms with E-state index in [0.717, 1.165) is 22.2 Å². The summed E-state index contributed by atoms with van der Waals surface area (Å²) < 4.78 is 0. The first-order valence-electron chi connectivity index (χ1n) is 9.26. The summed E-state index contributed by atoms with van der Waals surface area (Å²) in [5, 5.41) is 21.9. The van der Waals surface area contributed by atoms with Crippen LogP contribution in [0.5, 0.6) is 0 Å². The van der Waals surface area contributed by atoms with Crippen LogP contribution in [-0.2, 0) is 4.79 Å². The fourth-order valence-corrected chi connectivity index (χ4v) is 4.98. The molecule has 0 aliphatic heterocycles. The van der Waals surface area contributed by atoms with Crippen molar-refractivity contribution in [1.82, 2.24) is 4.98 Å². The van der Waals surface area contributed by atoms with Crippen molar-refractivity contribution in [1.29, 1.82) is 5.26 Å². The number of thiophene rings is 1. The molecule has 31 heavy (non-hydrogen) atoms. The van der Waals surface area contributed by atoms with E-state index in [0.29, 0.717) is 32.4 Å². The number of nitriles is 1. The largest absolute Gasteiger partial charge is 0.480 e. The third-order valence-electron chi connectivity index (χ3n) is 4.58. The molecule has 0 bridgehead atoms. The minimum absolute atomic E-state index is 0.342. The Balaban J connectivity index is 1.89. The second-order valence-corrected chi connectivity index (χ2v) is 9.06. The summed E-state index contributed by atoms with van der Waals surface area (Å²) in [5.74, 6) is -0.989. The Morgan fingerprint density at radius 2 is 1.84 bits per heavy atom. The Morgan fingerprint density at radius 1 is 1.10 bits per heavy atom. The van der Waals surface area contributed by atoms with E-state index in [4.69, 9.17) is 16.6 Å². The molecule has 0 fully saturated rings. The molecule has 0 aliphatic carbocycles. The van der Waals surface area contributed by atoms with E-state index >= 15 is 0 Å². The molecule has 1 unspecified atom stereocenters. The maximum Gasteiger partial charge on any atom is 0.321 e. The molecule has 0 radical (unpaired) electrons. The molecule has 2 aromatic carbocycles. The lowest BCUT2D eigenvalue weighted by atomic mass is 10.0. The number of hydrogen-bond donors (Lipinski definition) is 1. The quantitative estimate of drug-likeness (QED) is 0.315. The topological polar surface area (TPSA) is 74.0 Å². The van der Waals surface area contributed by atoms with Crippen LogP contribution < -0.4 is 0 Å². The van der Waals surface area contributed by atoms with Crippen molar-refractivity contribution >= 4 is 40.7 Å². The van der Waals surface area contributed by atoms with Crippen molar-refractivity contribution < 1.29 is 9.90 Å². The number of carboxylic acid groups (broad SMARTS) is 1. The van der Waals surface area contributed by atoms with Gasteiger partial charge in [0.1, 0.15) is 16.3 Å². The van der Waals surface area contributed by atoms with E-state index in [1.165, 1.54) is 11.3 Å². The van der Waals surface area contributed by atoms with Crippen LogP contribution in [0.15, 0.2) is 83.2 Å². The number of aliphatic carboxylic acids is 1. The third-order valence-corrected chi connectivity index (χ3v) is 6.96. The van der Waals surface area contributed by atoms with Gasteiger partial charge in [0.2, 0.25) is 0 Å². The summed E-state index contributed by atoms with van der Waals surface area (Å²) in [7, 11) is 0. The van der Waals surface area contributed by atoms with Gasteiger partial charge < -0.3 is 5.11 Å². The van der Waals surface area contributed by atoms with Crippen LogP contribution in [0.3, 0.4) is 0 Å². The smallest absolute Gasteiger partial charge is 0.321 e. The number of thioether (sulfide) groups is 1. The molecule has 0 amide bonds. The molecule has 0 saturated heterocycles. The van der Waals surface area contributed by atoms with Crippen molar-refractivity contribution in [2.24, 2.45) is 0 Å². The van der Waals surface area contributed by atoms with Gasteiger partial charge >= 0.3 is 5.97 Å². The van der Waals surface area contributed by atoms with Gasteiger partial charge in [0, 0.05) is 10.6 Å². The Kier molecular flexibility index (Phi) is 6.38. The molecular formula is C24H15ClN2O2S2. The molecule has 7 heteroatoms. The normalized spacial score (nSPS) is 11.6. The van der Waals surface area contributed by atoms with Crippen molar-refractivity contribution in [3.8, 4) is 27.8 Å². The first-order valence-corrected chi connectivity index (χ1v) is 11.4. The van der Waals surface area contributed by atoms with E-state index in [2.05, 4.69) is 6.07 Å². The zero-order valence-corrected chi connectivity index (χ0v) is 18.4. The number of halogens is 1. The van der Waals surface area contributed by atoms with Gasteiger partial charge in [-0.15, -0.1) is 11.3 Å². The number of pyridine rings is 1. The van der Waals surface area contributed by atoms with Gasteiger partial charge in [-0.2, -0.15) is 5.26 Å². The molecule has 4 aromatic rings. The number of aromatic nitrogens is 1. The summed E-state index contributed by atoms with van der Waals surface area (Å²) in [6, 6.07) is 24.2. The van der Waals surface area contributed by atoms with Crippen LogP contribution in [0, 0.1) is 11.3 Å². The summed E-state index contributed by atoms with van der Waals surface area (Å²) in [5.41, 5.74) is 3.18. The van der Waals surface area contributed by atoms with Crippen molar-refractivity contribution in [3.63, 3.8) is 0 Å². The Labute approximate surface area is 192 Å². The molecule has 0 aliphatic rings. The van der Waals surface area contributed by atoms with Crippen molar-refractivity contribution in [2.75, 3.05) is 0 Å². The number of nitrogens with zero attached hydrogens (tertiary/aromatic N) is 2. The standard InChI is InChI=1S/C24H15ClN2O2S2/c25-17-10-8-15(9-11-17)18-13-20(21-7-4-12-30-21)27-23(19(18)14-26)31-22(24(28)29)16-5-2-1-3-6-16/h1-13,22H,(H,28,29). The summed E-state index contributed by atoms with van der Waals surface area (Å²) in [6.45, 7) is 0. The number of hydrogen-bond acceptors (Lipinski definition) is 5. The molecule has 2 aromatic heterocycles. The number of carboxylic acids is 1. The van der Waals surface area contributed by atoms with Crippen molar-refractivity contribution in [3.05, 3.63) is 94.3 Å². The lowest BCUT2D eigenvalue weighted by Gasteiger charge is -2.16. The predicted octanol–water partition coefficient (Wildman–Crippen LogP) is 6.92. The predicted molar refractivity (Wildman–Crippen MR) is 125 cm³/mol. The highest BCUT2D eigenvalue weighted by Gasteiger charge is 2.25. The van der Waals surface area contributed by atoms with E-state index in [1.54, 1.807) is 36.4 Å². The highest BCUT2D eigenvalue weighted by atomic mass is 35.5. The van der Waals surface area contributed by atoms with Crippen molar-refractivity contribution in [2.45, 2.75) is 10.3 Å². The summed E-state index contributed by atoms with van der Waals surface area (Å²) in [6.07, 6.45) is 0. The van der Waals surface area contributed by atoms with E-state index in [9.17, 15) is 15.2 Å². The van der Waals surface area contributed by atoms with Gasteiger partial charge in [-0.3, -0.25) is 4.79 Å². The zero-order valence-electron chi connectivity index (χ0n) is 16.0. The minimum Gasteiger partial charge on any atom is -0.480 e. The minimum atomic E-state index is -0.989. The van der Waals surface area contributed by atoms with E-state index in [1.807, 2.05) is 41.8 Å². The third kappa shape index (κ3) is 4.64. The maximum absolute atomic E-state index is 12.1. The van der Waals surface area contributed by atoms with E-state index in [-0.39, 0.29) is 0 Å².